The van der Waals surface area contributed by atoms with E-state index in [1.807, 2.05) is 12.1 Å². The maximum absolute atomic E-state index is 11.6. The van der Waals surface area contributed by atoms with Gasteiger partial charge in [0, 0.05) is 16.5 Å². The van der Waals surface area contributed by atoms with Gasteiger partial charge in [0.2, 0.25) is 0 Å². The summed E-state index contributed by atoms with van der Waals surface area (Å²) in [7, 11) is 0. The first kappa shape index (κ1) is 16.5. The van der Waals surface area contributed by atoms with E-state index in [0.29, 0.717) is 5.92 Å². The van der Waals surface area contributed by atoms with Crippen LogP contribution in [0.1, 0.15) is 69.4 Å². The Balaban J connectivity index is 3.14. The Labute approximate surface area is 123 Å². The number of aryl methyl sites for hydroxylation is 1. The Morgan fingerprint density at radius 2 is 1.95 bits per heavy atom. The Bertz CT molecular complexity index is 539. The molecule has 0 radical (unpaired) electrons. The second kappa shape index (κ2) is 6.75. The van der Waals surface area contributed by atoms with Crippen LogP contribution >= 0.6 is 0 Å². The predicted molar refractivity (Wildman–Crippen MR) is 85.9 cm³/mol. The Morgan fingerprint density at radius 1 is 1.30 bits per heavy atom. The molecule has 0 aliphatic heterocycles. The van der Waals surface area contributed by atoms with Crippen LogP contribution in [0.4, 0.5) is 0 Å². The number of carbonyl (C=O) groups is 1. The summed E-state index contributed by atoms with van der Waals surface area (Å²) in [4.78, 5) is 11.6. The molecule has 0 spiro atoms. The lowest BCUT2D eigenvalue weighted by molar-refractivity contribution is 0.101. The molecule has 0 aliphatic rings. The Kier molecular flexibility index (Phi) is 5.57. The first-order valence-electron chi connectivity index (χ1n) is 7.45. The lowest BCUT2D eigenvalue weighted by Gasteiger charge is -2.22. The molecule has 0 aromatic heterocycles. The minimum Gasteiger partial charge on any atom is -0.295 e. The molecule has 1 rings (SSSR count). The molecular formula is C19H26O. The van der Waals surface area contributed by atoms with E-state index in [1.165, 1.54) is 0 Å². The van der Waals surface area contributed by atoms with Crippen LogP contribution in [0.25, 0.3) is 0 Å². The SMILES string of the molecule is CCCc1cc(C#CC(C)(C)C(C)C)ccc1C(C)=O. The van der Waals surface area contributed by atoms with Gasteiger partial charge in [0.05, 0.1) is 0 Å². The standard InChI is InChI=1S/C19H26O/c1-7-8-17-13-16(9-10-18(17)15(4)20)11-12-19(5,6)14(2)3/h9-10,13-14H,7-8H2,1-6H3. The zero-order valence-corrected chi connectivity index (χ0v) is 13.6. The zero-order valence-electron chi connectivity index (χ0n) is 13.6. The monoisotopic (exact) mass is 270 g/mol. The van der Waals surface area contributed by atoms with Gasteiger partial charge in [-0.25, -0.2) is 0 Å². The molecule has 0 bridgehead atoms. The van der Waals surface area contributed by atoms with Crippen molar-refractivity contribution in [3.05, 3.63) is 34.9 Å². The highest BCUT2D eigenvalue weighted by molar-refractivity contribution is 5.95. The van der Waals surface area contributed by atoms with E-state index in [-0.39, 0.29) is 11.2 Å². The molecule has 0 fully saturated rings. The number of hydrogen-bond donors (Lipinski definition) is 0. The van der Waals surface area contributed by atoms with Crippen molar-refractivity contribution in [1.82, 2.24) is 0 Å². The lowest BCUT2D eigenvalue weighted by Crippen LogP contribution is -2.16. The maximum atomic E-state index is 11.6. The molecule has 0 saturated heterocycles. The first-order valence-corrected chi connectivity index (χ1v) is 7.45. The van der Waals surface area contributed by atoms with Crippen LogP contribution in [-0.4, -0.2) is 5.78 Å². The number of ketones is 1. The molecule has 0 aliphatic carbocycles. The number of rotatable bonds is 4. The normalized spacial score (nSPS) is 11.2. The summed E-state index contributed by atoms with van der Waals surface area (Å²) < 4.78 is 0. The van der Waals surface area contributed by atoms with E-state index in [9.17, 15) is 4.79 Å². The van der Waals surface area contributed by atoms with Crippen molar-refractivity contribution in [3.63, 3.8) is 0 Å². The molecule has 108 valence electrons. The molecule has 1 aromatic carbocycles. The van der Waals surface area contributed by atoms with Crippen LogP contribution < -0.4 is 0 Å². The highest BCUT2D eigenvalue weighted by Crippen LogP contribution is 2.25. The molecule has 0 atom stereocenters. The molecule has 0 amide bonds. The average molecular weight is 270 g/mol. The molecule has 0 unspecified atom stereocenters. The fourth-order valence-electron chi connectivity index (χ4n) is 1.87. The summed E-state index contributed by atoms with van der Waals surface area (Å²) in [6, 6.07) is 5.95. The van der Waals surface area contributed by atoms with Crippen molar-refractivity contribution in [3.8, 4) is 11.8 Å². The van der Waals surface area contributed by atoms with Gasteiger partial charge in [0.1, 0.15) is 0 Å². The molecule has 1 heteroatoms. The van der Waals surface area contributed by atoms with Crippen molar-refractivity contribution >= 4 is 5.78 Å². The van der Waals surface area contributed by atoms with Crippen molar-refractivity contribution in [2.24, 2.45) is 11.3 Å². The van der Waals surface area contributed by atoms with Gasteiger partial charge in [0.15, 0.2) is 5.78 Å². The van der Waals surface area contributed by atoms with Gasteiger partial charge in [-0.05, 0) is 56.9 Å². The quantitative estimate of drug-likeness (QED) is 0.563. The number of carbonyl (C=O) groups excluding carboxylic acids is 1. The van der Waals surface area contributed by atoms with Gasteiger partial charge >= 0.3 is 0 Å². The molecule has 0 heterocycles. The van der Waals surface area contributed by atoms with Gasteiger partial charge in [-0.2, -0.15) is 0 Å². The minimum atomic E-state index is 0.00413. The number of hydrogen-bond acceptors (Lipinski definition) is 1. The van der Waals surface area contributed by atoms with E-state index in [1.54, 1.807) is 6.92 Å². The van der Waals surface area contributed by atoms with Crippen molar-refractivity contribution in [2.75, 3.05) is 0 Å². The van der Waals surface area contributed by atoms with Gasteiger partial charge in [-0.1, -0.05) is 39.0 Å². The van der Waals surface area contributed by atoms with Crippen LogP contribution in [0.15, 0.2) is 18.2 Å². The lowest BCUT2D eigenvalue weighted by atomic mass is 9.82. The highest BCUT2D eigenvalue weighted by Gasteiger charge is 2.18. The van der Waals surface area contributed by atoms with E-state index in [2.05, 4.69) is 52.5 Å². The summed E-state index contributed by atoms with van der Waals surface area (Å²) in [5.41, 5.74) is 2.96. The number of benzene rings is 1. The maximum Gasteiger partial charge on any atom is 0.160 e. The van der Waals surface area contributed by atoms with Crippen LogP contribution in [0.2, 0.25) is 0 Å². The van der Waals surface area contributed by atoms with Crippen LogP contribution in [0, 0.1) is 23.2 Å². The second-order valence-electron chi connectivity index (χ2n) is 6.30. The van der Waals surface area contributed by atoms with Crippen molar-refractivity contribution < 1.29 is 4.79 Å². The van der Waals surface area contributed by atoms with Gasteiger partial charge in [0.25, 0.3) is 0 Å². The fourth-order valence-corrected chi connectivity index (χ4v) is 1.87. The van der Waals surface area contributed by atoms with Crippen LogP contribution in [0.5, 0.6) is 0 Å². The second-order valence-corrected chi connectivity index (χ2v) is 6.30. The molecule has 0 saturated carbocycles. The van der Waals surface area contributed by atoms with Crippen LogP contribution in [0.3, 0.4) is 0 Å². The smallest absolute Gasteiger partial charge is 0.160 e. The van der Waals surface area contributed by atoms with E-state index in [0.717, 1.165) is 29.5 Å². The van der Waals surface area contributed by atoms with Crippen molar-refractivity contribution in [2.45, 2.75) is 54.4 Å². The number of Topliss-reactive ketones (excluding diaryl/α,β-unsaturated/α-hetero) is 1. The van der Waals surface area contributed by atoms with Gasteiger partial charge in [-0.3, -0.25) is 4.79 Å². The van der Waals surface area contributed by atoms with Gasteiger partial charge < -0.3 is 0 Å². The summed E-state index contributed by atoms with van der Waals surface area (Å²) in [6.07, 6.45) is 1.96. The molecule has 1 aromatic rings. The first-order chi connectivity index (χ1) is 9.27. The molecule has 0 N–H and O–H groups in total. The Hall–Kier alpha value is -1.55. The highest BCUT2D eigenvalue weighted by atomic mass is 16.1. The third-order valence-electron chi connectivity index (χ3n) is 3.98. The summed E-state index contributed by atoms with van der Waals surface area (Å²) in [5, 5.41) is 0. The Morgan fingerprint density at radius 3 is 2.45 bits per heavy atom. The van der Waals surface area contributed by atoms with Crippen molar-refractivity contribution in [1.29, 1.82) is 0 Å². The largest absolute Gasteiger partial charge is 0.295 e. The zero-order chi connectivity index (χ0) is 15.3. The third kappa shape index (κ3) is 4.23. The van der Waals surface area contributed by atoms with Gasteiger partial charge in [-0.15, -0.1) is 0 Å². The fraction of sp³-hybridized carbons (Fsp3) is 0.526. The van der Waals surface area contributed by atoms with Crippen LogP contribution in [-0.2, 0) is 6.42 Å². The molecule has 1 nitrogen and oxygen atoms in total. The molecule has 20 heavy (non-hydrogen) atoms. The topological polar surface area (TPSA) is 17.1 Å². The van der Waals surface area contributed by atoms with E-state index < -0.39 is 0 Å². The predicted octanol–water partition coefficient (Wildman–Crippen LogP) is 4.88. The summed E-state index contributed by atoms with van der Waals surface area (Å²) >= 11 is 0. The minimum absolute atomic E-state index is 0.00413. The summed E-state index contributed by atoms with van der Waals surface area (Å²) in [5.74, 6) is 7.28. The van der Waals surface area contributed by atoms with E-state index >= 15 is 0 Å². The average Bonchev–Trinajstić information content (AvgIpc) is 2.36. The third-order valence-corrected chi connectivity index (χ3v) is 3.98. The van der Waals surface area contributed by atoms with E-state index in [4.69, 9.17) is 0 Å². The summed E-state index contributed by atoms with van der Waals surface area (Å²) in [6.45, 7) is 12.5. The molecular weight excluding hydrogens is 244 g/mol.